The van der Waals surface area contributed by atoms with Crippen LogP contribution in [0.4, 0.5) is 5.69 Å². The van der Waals surface area contributed by atoms with Gasteiger partial charge in [0.25, 0.3) is 17.4 Å². The lowest BCUT2D eigenvalue weighted by atomic mass is 10.1. The first-order valence-corrected chi connectivity index (χ1v) is 11.9. The van der Waals surface area contributed by atoms with E-state index in [-0.39, 0.29) is 17.2 Å². The number of nitrogens with zero attached hydrogens (tertiary/aromatic N) is 2. The van der Waals surface area contributed by atoms with Crippen molar-refractivity contribution in [1.82, 2.24) is 15.1 Å². The van der Waals surface area contributed by atoms with Crippen LogP contribution in [-0.4, -0.2) is 28.1 Å². The summed E-state index contributed by atoms with van der Waals surface area (Å²) in [5, 5.41) is 11.0. The number of carbonyl (C=O) groups excluding carboxylic acids is 2. The molecule has 2 N–H and O–H groups in total. The number of amides is 2. The second-order valence-electron chi connectivity index (χ2n) is 8.44. The van der Waals surface area contributed by atoms with Crippen molar-refractivity contribution >= 4 is 28.3 Å². The molecule has 182 valence electrons. The molecule has 5 rings (SSSR count). The minimum Gasteiger partial charge on any atom is -0.352 e. The minimum atomic E-state index is -0.523. The van der Waals surface area contributed by atoms with Gasteiger partial charge in [0.1, 0.15) is 0 Å². The maximum atomic E-state index is 13.5. The monoisotopic (exact) mass is 488 g/mol. The summed E-state index contributed by atoms with van der Waals surface area (Å²) in [7, 11) is 0. The van der Waals surface area contributed by atoms with Crippen molar-refractivity contribution in [2.45, 2.75) is 6.42 Å². The average Bonchev–Trinajstić information content (AvgIpc) is 2.94. The Morgan fingerprint density at radius 2 is 1.32 bits per heavy atom. The smallest absolute Gasteiger partial charge is 0.279 e. The molecule has 0 atom stereocenters. The van der Waals surface area contributed by atoms with Gasteiger partial charge in [0, 0.05) is 11.9 Å². The Bertz CT molecular complexity index is 1630. The van der Waals surface area contributed by atoms with E-state index in [1.54, 1.807) is 72.8 Å². The summed E-state index contributed by atoms with van der Waals surface area (Å²) in [6.45, 7) is 0.458. The number of fused-ring (bicyclic) bond motifs is 1. The fraction of sp³-hybridized carbons (Fsp3) is 0.0667. The molecular weight excluding hydrogens is 464 g/mol. The number of hydrogen-bond acceptors (Lipinski definition) is 4. The molecule has 0 spiro atoms. The summed E-state index contributed by atoms with van der Waals surface area (Å²) in [5.41, 5.74) is 2.12. The van der Waals surface area contributed by atoms with Crippen molar-refractivity contribution < 1.29 is 9.59 Å². The number of anilines is 1. The van der Waals surface area contributed by atoms with Crippen molar-refractivity contribution in [3.05, 3.63) is 136 Å². The predicted molar refractivity (Wildman–Crippen MR) is 144 cm³/mol. The fourth-order valence-electron chi connectivity index (χ4n) is 4.13. The molecule has 7 nitrogen and oxygen atoms in total. The van der Waals surface area contributed by atoms with Crippen molar-refractivity contribution in [3.63, 3.8) is 0 Å². The molecular formula is C30H24N4O3. The third kappa shape index (κ3) is 5.16. The molecule has 0 bridgehead atoms. The van der Waals surface area contributed by atoms with Crippen LogP contribution in [-0.2, 0) is 6.42 Å². The zero-order valence-electron chi connectivity index (χ0n) is 19.9. The molecule has 0 aliphatic heterocycles. The van der Waals surface area contributed by atoms with Crippen LogP contribution in [0.15, 0.2) is 114 Å². The van der Waals surface area contributed by atoms with E-state index in [1.165, 1.54) is 4.68 Å². The van der Waals surface area contributed by atoms with Crippen LogP contribution in [0.3, 0.4) is 0 Å². The number of rotatable bonds is 7. The van der Waals surface area contributed by atoms with E-state index < -0.39 is 5.91 Å². The van der Waals surface area contributed by atoms with E-state index in [1.807, 2.05) is 36.4 Å². The van der Waals surface area contributed by atoms with Crippen LogP contribution < -0.4 is 16.2 Å². The first-order valence-electron chi connectivity index (χ1n) is 11.9. The highest BCUT2D eigenvalue weighted by molar-refractivity contribution is 6.13. The van der Waals surface area contributed by atoms with Gasteiger partial charge in [-0.15, -0.1) is 0 Å². The highest BCUT2D eigenvalue weighted by atomic mass is 16.2. The van der Waals surface area contributed by atoms with Crippen molar-refractivity contribution in [3.8, 4) is 5.69 Å². The third-order valence-electron chi connectivity index (χ3n) is 5.98. The highest BCUT2D eigenvalue weighted by Crippen LogP contribution is 2.20. The van der Waals surface area contributed by atoms with Crippen molar-refractivity contribution in [1.29, 1.82) is 0 Å². The second-order valence-corrected chi connectivity index (χ2v) is 8.44. The number of benzene rings is 4. The van der Waals surface area contributed by atoms with Crippen LogP contribution in [0.1, 0.15) is 26.4 Å². The molecule has 0 radical (unpaired) electrons. The summed E-state index contributed by atoms with van der Waals surface area (Å²) in [5.74, 6) is -0.815. The molecule has 37 heavy (non-hydrogen) atoms. The van der Waals surface area contributed by atoms with Gasteiger partial charge in [0.2, 0.25) is 0 Å². The molecule has 0 aliphatic carbocycles. The van der Waals surface area contributed by atoms with Gasteiger partial charge in [-0.1, -0.05) is 78.9 Å². The lowest BCUT2D eigenvalue weighted by molar-refractivity contribution is 0.0955. The minimum absolute atomic E-state index is 0.0818. The first kappa shape index (κ1) is 23.7. The predicted octanol–water partition coefficient (Wildman–Crippen LogP) is 4.61. The van der Waals surface area contributed by atoms with Crippen molar-refractivity contribution in [2.24, 2.45) is 0 Å². The summed E-state index contributed by atoms with van der Waals surface area (Å²) >= 11 is 0. The quantitative estimate of drug-likeness (QED) is 0.350. The Balaban J connectivity index is 1.43. The van der Waals surface area contributed by atoms with E-state index in [4.69, 9.17) is 0 Å². The van der Waals surface area contributed by atoms with Crippen molar-refractivity contribution in [2.75, 3.05) is 11.9 Å². The molecule has 0 aliphatic rings. The molecule has 2 amide bonds. The first-order chi connectivity index (χ1) is 18.1. The second kappa shape index (κ2) is 10.7. The van der Waals surface area contributed by atoms with Crippen LogP contribution >= 0.6 is 0 Å². The molecule has 0 fully saturated rings. The number of aromatic nitrogens is 2. The molecule has 1 heterocycles. The van der Waals surface area contributed by atoms with Gasteiger partial charge < -0.3 is 10.6 Å². The van der Waals surface area contributed by atoms with Crippen LogP contribution in [0.25, 0.3) is 16.5 Å². The van der Waals surface area contributed by atoms with Crippen LogP contribution in [0.2, 0.25) is 0 Å². The standard InChI is InChI=1S/C30H24N4O3/c35-28(31-20-19-21-11-3-1-4-12-21)25-17-9-10-18-26(25)32-29(36)27-23-15-7-8-16-24(23)30(37)34(33-27)22-13-5-2-6-14-22/h1-18H,19-20H2,(H,31,35)(H,32,36). The fourth-order valence-corrected chi connectivity index (χ4v) is 4.13. The SMILES string of the molecule is O=C(NCCc1ccccc1)c1ccccc1NC(=O)c1nn(-c2ccccc2)c(=O)c2ccccc12. The molecule has 7 heteroatoms. The van der Waals surface area contributed by atoms with Gasteiger partial charge in [-0.05, 0) is 42.3 Å². The molecule has 0 saturated carbocycles. The van der Waals surface area contributed by atoms with E-state index in [0.29, 0.717) is 40.7 Å². The number of carbonyl (C=O) groups is 2. The maximum Gasteiger partial charge on any atom is 0.279 e. The highest BCUT2D eigenvalue weighted by Gasteiger charge is 2.20. The summed E-state index contributed by atoms with van der Waals surface area (Å²) < 4.78 is 1.22. The molecule has 0 unspecified atom stereocenters. The summed E-state index contributed by atoms with van der Waals surface area (Å²) in [6, 6.07) is 32.5. The topological polar surface area (TPSA) is 93.1 Å². The van der Waals surface area contributed by atoms with Gasteiger partial charge in [0.15, 0.2) is 5.69 Å². The van der Waals surface area contributed by atoms with E-state index in [2.05, 4.69) is 15.7 Å². The molecule has 5 aromatic rings. The van der Waals surface area contributed by atoms with Gasteiger partial charge in [-0.2, -0.15) is 9.78 Å². The van der Waals surface area contributed by atoms with Gasteiger partial charge in [-0.3, -0.25) is 14.4 Å². The number of para-hydroxylation sites is 2. The lowest BCUT2D eigenvalue weighted by Gasteiger charge is -2.13. The summed E-state index contributed by atoms with van der Waals surface area (Å²) in [6.07, 6.45) is 0.693. The van der Waals surface area contributed by atoms with E-state index in [9.17, 15) is 14.4 Å². The van der Waals surface area contributed by atoms with Gasteiger partial charge >= 0.3 is 0 Å². The lowest BCUT2D eigenvalue weighted by Crippen LogP contribution is -2.28. The molecule has 1 aromatic heterocycles. The normalized spacial score (nSPS) is 10.7. The Kier molecular flexibility index (Phi) is 6.85. The third-order valence-corrected chi connectivity index (χ3v) is 5.98. The average molecular weight is 489 g/mol. The Morgan fingerprint density at radius 1 is 0.703 bits per heavy atom. The van der Waals surface area contributed by atoms with Crippen LogP contribution in [0, 0.1) is 0 Å². The van der Waals surface area contributed by atoms with Crippen LogP contribution in [0.5, 0.6) is 0 Å². The largest absolute Gasteiger partial charge is 0.352 e. The van der Waals surface area contributed by atoms with E-state index >= 15 is 0 Å². The van der Waals surface area contributed by atoms with Gasteiger partial charge in [-0.25, -0.2) is 0 Å². The Hall–Kier alpha value is -5.04. The Morgan fingerprint density at radius 3 is 2.08 bits per heavy atom. The Labute approximate surface area is 213 Å². The summed E-state index contributed by atoms with van der Waals surface area (Å²) in [4.78, 5) is 39.5. The molecule has 4 aromatic carbocycles. The number of nitrogens with one attached hydrogen (secondary N) is 2. The zero-order valence-corrected chi connectivity index (χ0v) is 19.9. The van der Waals surface area contributed by atoms with Gasteiger partial charge in [0.05, 0.1) is 22.3 Å². The number of hydrogen-bond donors (Lipinski definition) is 2. The van der Waals surface area contributed by atoms with E-state index in [0.717, 1.165) is 5.56 Å². The maximum absolute atomic E-state index is 13.5. The zero-order chi connectivity index (χ0) is 25.6. The molecule has 0 saturated heterocycles.